The van der Waals surface area contributed by atoms with Crippen LogP contribution in [0, 0.1) is 0 Å². The van der Waals surface area contributed by atoms with E-state index in [0.29, 0.717) is 5.56 Å². The molecule has 2 fully saturated rings. The molecular weight excluding hydrogens is 230 g/mol. The summed E-state index contributed by atoms with van der Waals surface area (Å²) in [5.74, 6) is -0.286. The first kappa shape index (κ1) is 11.7. The Labute approximate surface area is 106 Å². The molecule has 0 bridgehead atoms. The molecule has 2 aliphatic heterocycles. The van der Waals surface area contributed by atoms with Crippen molar-refractivity contribution in [1.29, 1.82) is 0 Å². The number of fused-ring (bicyclic) bond motifs is 1. The minimum Gasteiger partial charge on any atom is -0.451 e. The van der Waals surface area contributed by atoms with E-state index in [0.717, 1.165) is 6.42 Å². The molecule has 0 amide bonds. The molecule has 0 aliphatic carbocycles. The second-order valence-corrected chi connectivity index (χ2v) is 5.84. The molecule has 2 heterocycles. The number of hydrogen-bond acceptors (Lipinski definition) is 4. The van der Waals surface area contributed by atoms with E-state index in [1.807, 2.05) is 30.2 Å². The topological polar surface area (TPSA) is 41.8 Å². The van der Waals surface area contributed by atoms with Gasteiger partial charge in [-0.15, -0.1) is 5.06 Å². The van der Waals surface area contributed by atoms with Crippen LogP contribution in [-0.4, -0.2) is 28.4 Å². The van der Waals surface area contributed by atoms with Gasteiger partial charge in [-0.25, -0.2) is 4.79 Å². The molecule has 1 unspecified atom stereocenters. The molecule has 0 aromatic heterocycles. The van der Waals surface area contributed by atoms with Crippen molar-refractivity contribution in [2.75, 3.05) is 0 Å². The van der Waals surface area contributed by atoms with Crippen LogP contribution in [-0.2, 0) is 9.57 Å². The maximum atomic E-state index is 12.1. The van der Waals surface area contributed by atoms with Crippen LogP contribution in [0.4, 0.5) is 0 Å². The fourth-order valence-corrected chi connectivity index (χ4v) is 2.86. The van der Waals surface area contributed by atoms with Crippen molar-refractivity contribution < 1.29 is 14.4 Å². The average Bonchev–Trinajstić information content (AvgIpc) is 3.06. The van der Waals surface area contributed by atoms with Crippen LogP contribution in [0.25, 0.3) is 0 Å². The van der Waals surface area contributed by atoms with E-state index < -0.39 is 5.60 Å². The Morgan fingerprint density at radius 2 is 2.00 bits per heavy atom. The third-order valence-corrected chi connectivity index (χ3v) is 3.62. The van der Waals surface area contributed by atoms with Gasteiger partial charge >= 0.3 is 5.97 Å². The van der Waals surface area contributed by atoms with E-state index in [2.05, 4.69) is 13.8 Å². The molecule has 4 heteroatoms. The minimum absolute atomic E-state index is 0.0730. The van der Waals surface area contributed by atoms with Gasteiger partial charge in [0.1, 0.15) is 0 Å². The highest BCUT2D eigenvalue weighted by atomic mass is 16.9. The lowest BCUT2D eigenvalue weighted by molar-refractivity contribution is -0.0451. The maximum absolute atomic E-state index is 12.1. The summed E-state index contributed by atoms with van der Waals surface area (Å²) >= 11 is 0. The number of carbonyl (C=O) groups is 1. The molecule has 0 saturated carbocycles. The second kappa shape index (κ2) is 3.56. The summed E-state index contributed by atoms with van der Waals surface area (Å²) in [6.07, 6.45) is 0.684. The first-order chi connectivity index (χ1) is 8.42. The molecular formula is C14H17NO3. The largest absolute Gasteiger partial charge is 0.451 e. The van der Waals surface area contributed by atoms with E-state index in [1.54, 1.807) is 12.1 Å². The van der Waals surface area contributed by atoms with Gasteiger partial charge in [0.15, 0.2) is 11.8 Å². The zero-order valence-electron chi connectivity index (χ0n) is 10.8. The lowest BCUT2D eigenvalue weighted by Gasteiger charge is -2.28. The van der Waals surface area contributed by atoms with Gasteiger partial charge in [0, 0.05) is 12.0 Å². The summed E-state index contributed by atoms with van der Waals surface area (Å²) in [4.78, 5) is 17.6. The Bertz CT molecular complexity index is 485. The van der Waals surface area contributed by atoms with Gasteiger partial charge in [-0.1, -0.05) is 18.2 Å². The number of hydroxylamine groups is 2. The van der Waals surface area contributed by atoms with Gasteiger partial charge in [-0.3, -0.25) is 4.84 Å². The zero-order valence-corrected chi connectivity index (χ0v) is 10.8. The number of carbonyl (C=O) groups excluding carboxylic acids is 1. The molecule has 2 aliphatic rings. The summed E-state index contributed by atoms with van der Waals surface area (Å²) in [5, 5.41) is 1.91. The summed E-state index contributed by atoms with van der Waals surface area (Å²) in [7, 11) is 0. The number of rotatable bonds is 2. The van der Waals surface area contributed by atoms with E-state index in [1.165, 1.54) is 0 Å². The molecule has 0 spiro atoms. The van der Waals surface area contributed by atoms with Crippen LogP contribution in [0.5, 0.6) is 0 Å². The lowest BCUT2D eigenvalue weighted by atomic mass is 9.93. The van der Waals surface area contributed by atoms with Gasteiger partial charge in [0.2, 0.25) is 0 Å². The Kier molecular flexibility index (Phi) is 2.31. The molecule has 96 valence electrons. The lowest BCUT2D eigenvalue weighted by Crippen LogP contribution is -2.38. The van der Waals surface area contributed by atoms with E-state index in [4.69, 9.17) is 9.57 Å². The van der Waals surface area contributed by atoms with Crippen LogP contribution >= 0.6 is 0 Å². The van der Waals surface area contributed by atoms with Gasteiger partial charge in [0.25, 0.3) is 0 Å². The number of hydrogen-bond donors (Lipinski definition) is 0. The van der Waals surface area contributed by atoms with Crippen molar-refractivity contribution in [3.63, 3.8) is 0 Å². The SMILES string of the molecule is CC1(C)C[C@@](C)(OC(=O)c2ccccc2)[C@@H]2ON21. The van der Waals surface area contributed by atoms with Gasteiger partial charge in [0.05, 0.1) is 5.56 Å². The zero-order chi connectivity index (χ0) is 13.0. The Balaban J connectivity index is 1.76. The van der Waals surface area contributed by atoms with Crippen LogP contribution < -0.4 is 0 Å². The molecule has 18 heavy (non-hydrogen) atoms. The van der Waals surface area contributed by atoms with Crippen molar-refractivity contribution in [3.05, 3.63) is 35.9 Å². The summed E-state index contributed by atoms with van der Waals surface area (Å²) in [6, 6.07) is 9.06. The van der Waals surface area contributed by atoms with Crippen molar-refractivity contribution in [3.8, 4) is 0 Å². The second-order valence-electron chi connectivity index (χ2n) is 5.84. The highest BCUT2D eigenvalue weighted by molar-refractivity contribution is 5.89. The fraction of sp³-hybridized carbons (Fsp3) is 0.500. The molecule has 4 nitrogen and oxygen atoms in total. The van der Waals surface area contributed by atoms with Crippen molar-refractivity contribution >= 4 is 5.97 Å². The monoisotopic (exact) mass is 247 g/mol. The highest BCUT2D eigenvalue weighted by Gasteiger charge is 2.67. The Hall–Kier alpha value is -1.39. The van der Waals surface area contributed by atoms with Crippen LogP contribution in [0.15, 0.2) is 30.3 Å². The number of ether oxygens (including phenoxy) is 1. The fourth-order valence-electron chi connectivity index (χ4n) is 2.86. The van der Waals surface area contributed by atoms with E-state index in [9.17, 15) is 4.79 Å². The first-order valence-electron chi connectivity index (χ1n) is 6.17. The molecule has 2 saturated heterocycles. The number of esters is 1. The maximum Gasteiger partial charge on any atom is 0.338 e. The molecule has 1 aromatic rings. The number of benzene rings is 1. The smallest absolute Gasteiger partial charge is 0.338 e. The first-order valence-corrected chi connectivity index (χ1v) is 6.17. The third-order valence-electron chi connectivity index (χ3n) is 3.62. The average molecular weight is 247 g/mol. The summed E-state index contributed by atoms with van der Waals surface area (Å²) < 4.78 is 5.67. The predicted molar refractivity (Wildman–Crippen MR) is 65.7 cm³/mol. The van der Waals surface area contributed by atoms with Crippen molar-refractivity contribution in [2.24, 2.45) is 0 Å². The summed E-state index contributed by atoms with van der Waals surface area (Å²) in [5.41, 5.74) is -0.0528. The normalized spacial score (nSPS) is 35.9. The van der Waals surface area contributed by atoms with Crippen molar-refractivity contribution in [2.45, 2.75) is 44.6 Å². The molecule has 3 rings (SSSR count). The Morgan fingerprint density at radius 3 is 2.50 bits per heavy atom. The van der Waals surface area contributed by atoms with Gasteiger partial charge in [-0.2, -0.15) is 0 Å². The minimum atomic E-state index is -0.559. The van der Waals surface area contributed by atoms with Crippen LogP contribution in [0.1, 0.15) is 37.6 Å². The number of nitrogens with zero attached hydrogens (tertiary/aromatic N) is 1. The standard InChI is InChI=1S/C14H17NO3/c1-13(2)9-14(3,12-15(13)18-12)17-11(16)10-7-5-4-6-8-10/h4-8,12H,9H2,1-3H3/t12-,14+,15?/m0/s1. The molecule has 1 aromatic carbocycles. The molecule has 0 N–H and O–H groups in total. The summed E-state index contributed by atoms with van der Waals surface area (Å²) in [6.45, 7) is 6.12. The molecule has 3 atom stereocenters. The van der Waals surface area contributed by atoms with Gasteiger partial charge in [-0.05, 0) is 32.9 Å². The van der Waals surface area contributed by atoms with Crippen molar-refractivity contribution in [1.82, 2.24) is 5.06 Å². The quantitative estimate of drug-likeness (QED) is 0.594. The van der Waals surface area contributed by atoms with E-state index in [-0.39, 0.29) is 17.7 Å². The van der Waals surface area contributed by atoms with Crippen LogP contribution in [0.3, 0.4) is 0 Å². The third kappa shape index (κ3) is 1.72. The molecule has 0 radical (unpaired) electrons. The van der Waals surface area contributed by atoms with E-state index >= 15 is 0 Å². The van der Waals surface area contributed by atoms with Crippen LogP contribution in [0.2, 0.25) is 0 Å². The van der Waals surface area contributed by atoms with Gasteiger partial charge < -0.3 is 4.74 Å². The Morgan fingerprint density at radius 1 is 1.33 bits per heavy atom. The highest BCUT2D eigenvalue weighted by Crippen LogP contribution is 2.52. The predicted octanol–water partition coefficient (Wildman–Crippen LogP) is 2.36.